The third-order valence-corrected chi connectivity index (χ3v) is 4.26. The summed E-state index contributed by atoms with van der Waals surface area (Å²) in [5.74, 6) is -0.241. The molecule has 1 aromatic carbocycles. The van der Waals surface area contributed by atoms with Crippen LogP contribution in [-0.2, 0) is 7.05 Å². The highest BCUT2D eigenvalue weighted by molar-refractivity contribution is 5.98. The van der Waals surface area contributed by atoms with Crippen molar-refractivity contribution in [3.8, 4) is 0 Å². The van der Waals surface area contributed by atoms with Gasteiger partial charge in [-0.25, -0.2) is 4.98 Å². The SMILES string of the molecule is Cc1nc2c(cc1C(=O)NCCNc1ccccc1[N+](=O)[O-])c(C)nn2C. The number of carbonyl (C=O) groups excluding carboxylic acids is 1. The number of anilines is 1. The van der Waals surface area contributed by atoms with Crippen LogP contribution in [0.4, 0.5) is 11.4 Å². The van der Waals surface area contributed by atoms with Crippen molar-refractivity contribution in [3.05, 3.63) is 57.4 Å². The number of hydrogen-bond donors (Lipinski definition) is 2. The lowest BCUT2D eigenvalue weighted by Gasteiger charge is -2.10. The maximum atomic E-state index is 12.5. The molecule has 2 aromatic heterocycles. The molecule has 140 valence electrons. The predicted molar refractivity (Wildman–Crippen MR) is 102 cm³/mol. The monoisotopic (exact) mass is 368 g/mol. The van der Waals surface area contributed by atoms with Crippen LogP contribution in [-0.4, -0.2) is 38.7 Å². The van der Waals surface area contributed by atoms with Crippen molar-refractivity contribution in [2.75, 3.05) is 18.4 Å². The number of nitro benzene ring substituents is 1. The number of nitrogens with zero attached hydrogens (tertiary/aromatic N) is 4. The Morgan fingerprint density at radius 2 is 1.96 bits per heavy atom. The molecule has 0 unspecified atom stereocenters. The highest BCUT2D eigenvalue weighted by Crippen LogP contribution is 2.22. The minimum Gasteiger partial charge on any atom is -0.378 e. The average molecular weight is 368 g/mol. The number of pyridine rings is 1. The van der Waals surface area contributed by atoms with Gasteiger partial charge in [-0.1, -0.05) is 12.1 Å². The number of fused-ring (bicyclic) bond motifs is 1. The molecule has 0 atom stereocenters. The maximum Gasteiger partial charge on any atom is 0.292 e. The molecule has 3 rings (SSSR count). The molecule has 0 aliphatic rings. The van der Waals surface area contributed by atoms with E-state index in [9.17, 15) is 14.9 Å². The van der Waals surface area contributed by atoms with E-state index in [-0.39, 0.29) is 11.6 Å². The molecular weight excluding hydrogens is 348 g/mol. The number of benzene rings is 1. The summed E-state index contributed by atoms with van der Waals surface area (Å²) in [7, 11) is 1.82. The van der Waals surface area contributed by atoms with Crippen molar-refractivity contribution in [1.29, 1.82) is 0 Å². The van der Waals surface area contributed by atoms with E-state index in [1.165, 1.54) is 6.07 Å². The second-order valence-electron chi connectivity index (χ2n) is 6.16. The van der Waals surface area contributed by atoms with Gasteiger partial charge in [0.15, 0.2) is 5.65 Å². The number of nitrogens with one attached hydrogen (secondary N) is 2. The Balaban J connectivity index is 1.65. The number of carbonyl (C=O) groups is 1. The minimum atomic E-state index is -0.443. The van der Waals surface area contributed by atoms with Gasteiger partial charge in [-0.15, -0.1) is 0 Å². The Kier molecular flexibility index (Phi) is 5.02. The summed E-state index contributed by atoms with van der Waals surface area (Å²) in [5.41, 5.74) is 3.08. The highest BCUT2D eigenvalue weighted by Gasteiger charge is 2.15. The number of rotatable bonds is 6. The molecule has 3 aromatic rings. The molecule has 9 heteroatoms. The van der Waals surface area contributed by atoms with Crippen LogP contribution < -0.4 is 10.6 Å². The molecule has 0 aliphatic carbocycles. The Labute approximate surface area is 155 Å². The van der Waals surface area contributed by atoms with E-state index in [0.29, 0.717) is 30.0 Å². The zero-order valence-electron chi connectivity index (χ0n) is 15.3. The number of hydrogen-bond acceptors (Lipinski definition) is 6. The molecule has 0 radical (unpaired) electrons. The summed E-state index contributed by atoms with van der Waals surface area (Å²) in [6.45, 7) is 4.32. The van der Waals surface area contributed by atoms with Crippen LogP contribution in [0.1, 0.15) is 21.7 Å². The second-order valence-corrected chi connectivity index (χ2v) is 6.16. The number of aromatic nitrogens is 3. The van der Waals surface area contributed by atoms with Crippen molar-refractivity contribution in [2.24, 2.45) is 7.05 Å². The molecule has 1 amide bonds. The van der Waals surface area contributed by atoms with Gasteiger partial charge in [0.2, 0.25) is 0 Å². The Morgan fingerprint density at radius 3 is 2.70 bits per heavy atom. The minimum absolute atomic E-state index is 0.00127. The predicted octanol–water partition coefficient (Wildman–Crippen LogP) is 2.34. The topological polar surface area (TPSA) is 115 Å². The van der Waals surface area contributed by atoms with Crippen molar-refractivity contribution >= 4 is 28.3 Å². The van der Waals surface area contributed by atoms with Gasteiger partial charge in [-0.2, -0.15) is 5.10 Å². The Bertz CT molecular complexity index is 1030. The summed E-state index contributed by atoms with van der Waals surface area (Å²) in [5, 5.41) is 21.9. The van der Waals surface area contributed by atoms with Crippen LogP contribution in [0.2, 0.25) is 0 Å². The summed E-state index contributed by atoms with van der Waals surface area (Å²) >= 11 is 0. The van der Waals surface area contributed by atoms with Crippen LogP contribution in [0.5, 0.6) is 0 Å². The highest BCUT2D eigenvalue weighted by atomic mass is 16.6. The first-order valence-corrected chi connectivity index (χ1v) is 8.45. The van der Waals surface area contributed by atoms with Gasteiger partial charge in [0.25, 0.3) is 11.6 Å². The van der Waals surface area contributed by atoms with Crippen LogP contribution in [0.25, 0.3) is 11.0 Å². The third kappa shape index (κ3) is 3.71. The van der Waals surface area contributed by atoms with Gasteiger partial charge in [-0.05, 0) is 26.0 Å². The normalized spacial score (nSPS) is 10.8. The first-order valence-electron chi connectivity index (χ1n) is 8.45. The van der Waals surface area contributed by atoms with Crippen molar-refractivity contribution < 1.29 is 9.72 Å². The number of para-hydroxylation sites is 2. The summed E-state index contributed by atoms with van der Waals surface area (Å²) < 4.78 is 1.69. The Morgan fingerprint density at radius 1 is 1.22 bits per heavy atom. The standard InChI is InChI=1S/C18H20N6O3/c1-11-14(10-13-12(2)22-23(3)17(13)21-11)18(25)20-9-8-19-15-6-4-5-7-16(15)24(26)27/h4-7,10,19H,8-9H2,1-3H3,(H,20,25). The van der Waals surface area contributed by atoms with Crippen molar-refractivity contribution in [2.45, 2.75) is 13.8 Å². The van der Waals surface area contributed by atoms with Gasteiger partial charge in [0.05, 0.1) is 21.9 Å². The molecule has 9 nitrogen and oxygen atoms in total. The number of aryl methyl sites for hydroxylation is 3. The molecule has 0 saturated carbocycles. The van der Waals surface area contributed by atoms with E-state index >= 15 is 0 Å². The van der Waals surface area contributed by atoms with E-state index in [0.717, 1.165) is 16.7 Å². The quantitative estimate of drug-likeness (QED) is 0.392. The van der Waals surface area contributed by atoms with E-state index in [2.05, 4.69) is 20.7 Å². The Hall–Kier alpha value is -3.49. The van der Waals surface area contributed by atoms with E-state index in [1.807, 2.05) is 14.0 Å². The molecule has 0 aliphatic heterocycles. The van der Waals surface area contributed by atoms with Crippen molar-refractivity contribution in [1.82, 2.24) is 20.1 Å². The van der Waals surface area contributed by atoms with Crippen LogP contribution in [0, 0.1) is 24.0 Å². The number of nitro groups is 1. The average Bonchev–Trinajstić information content (AvgIpc) is 2.91. The van der Waals surface area contributed by atoms with Gasteiger partial charge in [0, 0.05) is 31.6 Å². The smallest absolute Gasteiger partial charge is 0.292 e. The zero-order chi connectivity index (χ0) is 19.6. The van der Waals surface area contributed by atoms with E-state index in [4.69, 9.17) is 0 Å². The molecule has 27 heavy (non-hydrogen) atoms. The molecule has 0 fully saturated rings. The molecule has 0 spiro atoms. The first kappa shape index (κ1) is 18.3. The van der Waals surface area contributed by atoms with Gasteiger partial charge < -0.3 is 10.6 Å². The van der Waals surface area contributed by atoms with Crippen LogP contribution in [0.15, 0.2) is 30.3 Å². The zero-order valence-corrected chi connectivity index (χ0v) is 15.3. The first-order chi connectivity index (χ1) is 12.9. The van der Waals surface area contributed by atoms with E-state index in [1.54, 1.807) is 35.9 Å². The van der Waals surface area contributed by atoms with Crippen LogP contribution in [0.3, 0.4) is 0 Å². The summed E-state index contributed by atoms with van der Waals surface area (Å²) in [6, 6.07) is 8.19. The third-order valence-electron chi connectivity index (χ3n) is 4.26. The van der Waals surface area contributed by atoms with Gasteiger partial charge in [-0.3, -0.25) is 19.6 Å². The lowest BCUT2D eigenvalue weighted by Crippen LogP contribution is -2.29. The van der Waals surface area contributed by atoms with Gasteiger partial charge >= 0.3 is 0 Å². The molecule has 0 saturated heterocycles. The second kappa shape index (κ2) is 7.40. The van der Waals surface area contributed by atoms with Crippen LogP contribution >= 0.6 is 0 Å². The summed E-state index contributed by atoms with van der Waals surface area (Å²) in [6.07, 6.45) is 0. The maximum absolute atomic E-state index is 12.5. The molecule has 2 heterocycles. The largest absolute Gasteiger partial charge is 0.378 e. The lowest BCUT2D eigenvalue weighted by atomic mass is 10.1. The van der Waals surface area contributed by atoms with Crippen molar-refractivity contribution in [3.63, 3.8) is 0 Å². The summed E-state index contributed by atoms with van der Waals surface area (Å²) in [4.78, 5) is 27.5. The molecule has 0 bridgehead atoms. The molecular formula is C18H20N6O3. The fourth-order valence-electron chi connectivity index (χ4n) is 2.91. The fourth-order valence-corrected chi connectivity index (χ4v) is 2.91. The lowest BCUT2D eigenvalue weighted by molar-refractivity contribution is -0.384. The number of amides is 1. The van der Waals surface area contributed by atoms with E-state index < -0.39 is 4.92 Å². The fraction of sp³-hybridized carbons (Fsp3) is 0.278. The molecule has 2 N–H and O–H groups in total. The van der Waals surface area contributed by atoms with Gasteiger partial charge in [0.1, 0.15) is 5.69 Å².